The van der Waals surface area contributed by atoms with Crippen molar-refractivity contribution in [3.8, 4) is 5.75 Å². The van der Waals surface area contributed by atoms with Crippen LogP contribution in [0, 0.1) is 5.82 Å². The molecular formula is C27H19FN2O3. The first-order valence-corrected chi connectivity index (χ1v) is 10.4. The van der Waals surface area contributed by atoms with Gasteiger partial charge in [-0.1, -0.05) is 60.7 Å². The average molecular weight is 438 g/mol. The Morgan fingerprint density at radius 1 is 0.818 bits per heavy atom. The van der Waals surface area contributed by atoms with E-state index in [4.69, 9.17) is 4.74 Å². The van der Waals surface area contributed by atoms with Crippen LogP contribution in [0.3, 0.4) is 0 Å². The third-order valence-electron chi connectivity index (χ3n) is 5.56. The van der Waals surface area contributed by atoms with E-state index in [2.05, 4.69) is 5.32 Å². The van der Waals surface area contributed by atoms with E-state index in [-0.39, 0.29) is 11.3 Å². The largest absolute Gasteiger partial charge is 0.496 e. The van der Waals surface area contributed by atoms with Crippen molar-refractivity contribution in [2.24, 2.45) is 0 Å². The van der Waals surface area contributed by atoms with Gasteiger partial charge in [0.1, 0.15) is 17.3 Å². The Bertz CT molecular complexity index is 1440. The predicted octanol–water partition coefficient (Wildman–Crippen LogP) is 5.38. The maximum absolute atomic E-state index is 13.8. The molecule has 33 heavy (non-hydrogen) atoms. The van der Waals surface area contributed by atoms with Crippen molar-refractivity contribution in [3.05, 3.63) is 108 Å². The topological polar surface area (TPSA) is 58.6 Å². The smallest absolute Gasteiger partial charge is 0.282 e. The van der Waals surface area contributed by atoms with Gasteiger partial charge in [0.2, 0.25) is 0 Å². The third kappa shape index (κ3) is 3.51. The second-order valence-electron chi connectivity index (χ2n) is 7.53. The summed E-state index contributed by atoms with van der Waals surface area (Å²) in [6, 6.07) is 25.7. The molecule has 6 heteroatoms. The highest BCUT2D eigenvalue weighted by atomic mass is 19.1. The van der Waals surface area contributed by atoms with E-state index >= 15 is 0 Å². The number of hydrogen-bond donors (Lipinski definition) is 1. The molecule has 0 saturated heterocycles. The molecule has 4 aromatic carbocycles. The molecular weight excluding hydrogens is 419 g/mol. The quantitative estimate of drug-likeness (QED) is 0.425. The number of ether oxygens (including phenoxy) is 1. The summed E-state index contributed by atoms with van der Waals surface area (Å²) in [5, 5.41) is 4.66. The van der Waals surface area contributed by atoms with E-state index in [9.17, 15) is 14.0 Å². The molecule has 0 unspecified atom stereocenters. The Labute approximate surface area is 189 Å². The van der Waals surface area contributed by atoms with Crippen LogP contribution in [0.25, 0.3) is 16.3 Å². The van der Waals surface area contributed by atoms with Crippen molar-refractivity contribution < 1.29 is 18.7 Å². The van der Waals surface area contributed by atoms with Crippen LogP contribution in [0.15, 0.2) is 96.7 Å². The lowest BCUT2D eigenvalue weighted by Crippen LogP contribution is -2.32. The summed E-state index contributed by atoms with van der Waals surface area (Å²) < 4.78 is 19.3. The van der Waals surface area contributed by atoms with Crippen LogP contribution in [-0.2, 0) is 9.59 Å². The van der Waals surface area contributed by atoms with Gasteiger partial charge in [-0.25, -0.2) is 9.29 Å². The first-order valence-electron chi connectivity index (χ1n) is 10.4. The van der Waals surface area contributed by atoms with Gasteiger partial charge in [-0.15, -0.1) is 0 Å². The molecule has 0 radical (unpaired) electrons. The van der Waals surface area contributed by atoms with Gasteiger partial charge in [0.05, 0.1) is 18.4 Å². The Hall–Kier alpha value is -4.45. The standard InChI is InChI=1S/C27H19FN2O3/c1-33-23-15-5-4-13-21(23)24-25(29-19-11-7-10-18(28)16-19)27(32)30(26(24)31)22-14-6-9-17-8-2-3-12-20(17)22/h2-16,29H,1H3. The van der Waals surface area contributed by atoms with E-state index in [0.29, 0.717) is 22.7 Å². The number of carbonyl (C=O) groups excluding carboxylic acids is 2. The number of fused-ring (bicyclic) bond motifs is 1. The molecule has 2 amide bonds. The molecule has 0 fully saturated rings. The average Bonchev–Trinajstić information content (AvgIpc) is 3.07. The van der Waals surface area contributed by atoms with Crippen LogP contribution >= 0.6 is 0 Å². The molecule has 5 nitrogen and oxygen atoms in total. The number of imide groups is 1. The summed E-state index contributed by atoms with van der Waals surface area (Å²) in [6.07, 6.45) is 0. The predicted molar refractivity (Wildman–Crippen MR) is 126 cm³/mol. The summed E-state index contributed by atoms with van der Waals surface area (Å²) in [6.45, 7) is 0. The van der Waals surface area contributed by atoms with Crippen molar-refractivity contribution in [1.82, 2.24) is 0 Å². The normalized spacial score (nSPS) is 13.7. The Kier molecular flexibility index (Phi) is 5.11. The van der Waals surface area contributed by atoms with E-state index < -0.39 is 17.6 Å². The zero-order chi connectivity index (χ0) is 22.9. The van der Waals surface area contributed by atoms with Crippen LogP contribution in [0.5, 0.6) is 5.75 Å². The number of amides is 2. The maximum Gasteiger partial charge on any atom is 0.282 e. The molecule has 1 aliphatic rings. The Balaban J connectivity index is 1.70. The molecule has 5 rings (SSSR count). The minimum Gasteiger partial charge on any atom is -0.496 e. The monoisotopic (exact) mass is 438 g/mol. The van der Waals surface area contributed by atoms with Gasteiger partial charge in [-0.3, -0.25) is 9.59 Å². The number of benzene rings is 4. The molecule has 0 aromatic heterocycles. The lowest BCUT2D eigenvalue weighted by atomic mass is 10.0. The van der Waals surface area contributed by atoms with Crippen molar-refractivity contribution in [2.75, 3.05) is 17.3 Å². The molecule has 0 aliphatic carbocycles. The van der Waals surface area contributed by atoms with Crippen molar-refractivity contribution in [2.45, 2.75) is 0 Å². The molecule has 1 aliphatic heterocycles. The number of rotatable bonds is 5. The first-order chi connectivity index (χ1) is 16.1. The highest BCUT2D eigenvalue weighted by Crippen LogP contribution is 2.39. The second-order valence-corrected chi connectivity index (χ2v) is 7.53. The number of para-hydroxylation sites is 1. The van der Waals surface area contributed by atoms with Crippen LogP contribution in [-0.4, -0.2) is 18.9 Å². The number of anilines is 2. The summed E-state index contributed by atoms with van der Waals surface area (Å²) in [4.78, 5) is 28.6. The minimum absolute atomic E-state index is 0.0584. The van der Waals surface area contributed by atoms with Crippen LogP contribution < -0.4 is 15.0 Å². The first kappa shape index (κ1) is 20.5. The SMILES string of the molecule is COc1ccccc1C1=C(Nc2cccc(F)c2)C(=O)N(c2cccc3ccccc23)C1=O. The van der Waals surface area contributed by atoms with E-state index in [1.807, 2.05) is 30.3 Å². The summed E-state index contributed by atoms with van der Waals surface area (Å²) >= 11 is 0. The van der Waals surface area contributed by atoms with Gasteiger partial charge in [-0.2, -0.15) is 0 Å². The van der Waals surface area contributed by atoms with Gasteiger partial charge in [-0.05, 0) is 35.7 Å². The number of nitrogens with zero attached hydrogens (tertiary/aromatic N) is 1. The van der Waals surface area contributed by atoms with Gasteiger partial charge in [0, 0.05) is 16.6 Å². The van der Waals surface area contributed by atoms with Crippen molar-refractivity contribution in [1.29, 1.82) is 0 Å². The number of methoxy groups -OCH3 is 1. The Morgan fingerprint density at radius 2 is 1.55 bits per heavy atom. The molecule has 0 spiro atoms. The van der Waals surface area contributed by atoms with E-state index in [1.54, 1.807) is 42.5 Å². The summed E-state index contributed by atoms with van der Waals surface area (Å²) in [7, 11) is 1.50. The van der Waals surface area contributed by atoms with Gasteiger partial charge >= 0.3 is 0 Å². The number of halogens is 1. The molecule has 0 bridgehead atoms. The molecule has 4 aromatic rings. The third-order valence-corrected chi connectivity index (χ3v) is 5.56. The van der Waals surface area contributed by atoms with Crippen LogP contribution in [0.2, 0.25) is 0 Å². The highest BCUT2D eigenvalue weighted by molar-refractivity contribution is 6.47. The lowest BCUT2D eigenvalue weighted by molar-refractivity contribution is -0.120. The molecule has 1 N–H and O–H groups in total. The lowest BCUT2D eigenvalue weighted by Gasteiger charge is -2.18. The zero-order valence-electron chi connectivity index (χ0n) is 17.7. The highest BCUT2D eigenvalue weighted by Gasteiger charge is 2.41. The van der Waals surface area contributed by atoms with Crippen LogP contribution in [0.1, 0.15) is 5.56 Å². The van der Waals surface area contributed by atoms with Crippen molar-refractivity contribution in [3.63, 3.8) is 0 Å². The maximum atomic E-state index is 13.8. The van der Waals surface area contributed by atoms with Crippen molar-refractivity contribution >= 4 is 39.5 Å². The second kappa shape index (κ2) is 8.24. The molecule has 162 valence electrons. The summed E-state index contributed by atoms with van der Waals surface area (Å²) in [5.74, 6) is -1.02. The zero-order valence-corrected chi connectivity index (χ0v) is 17.7. The fraction of sp³-hybridized carbons (Fsp3) is 0.0370. The number of carbonyl (C=O) groups is 2. The fourth-order valence-corrected chi connectivity index (χ4v) is 4.08. The summed E-state index contributed by atoms with van der Waals surface area (Å²) in [5.41, 5.74) is 1.53. The fourth-order valence-electron chi connectivity index (χ4n) is 4.08. The Morgan fingerprint density at radius 3 is 2.36 bits per heavy atom. The number of hydrogen-bond acceptors (Lipinski definition) is 4. The van der Waals surface area contributed by atoms with Crippen LogP contribution in [0.4, 0.5) is 15.8 Å². The van der Waals surface area contributed by atoms with Gasteiger partial charge < -0.3 is 10.1 Å². The number of nitrogens with one attached hydrogen (secondary N) is 1. The van der Waals surface area contributed by atoms with E-state index in [0.717, 1.165) is 15.7 Å². The van der Waals surface area contributed by atoms with Gasteiger partial charge in [0.25, 0.3) is 11.8 Å². The van der Waals surface area contributed by atoms with E-state index in [1.165, 1.54) is 25.3 Å². The minimum atomic E-state index is -0.526. The molecule has 0 saturated carbocycles. The molecule has 0 atom stereocenters. The van der Waals surface area contributed by atoms with Gasteiger partial charge in [0.15, 0.2) is 0 Å². The molecule has 1 heterocycles.